The lowest BCUT2D eigenvalue weighted by Gasteiger charge is -2.37. The maximum Gasteiger partial charge on any atom is 0.417 e. The van der Waals surface area contributed by atoms with Gasteiger partial charge in [-0.25, -0.2) is 13.4 Å². The minimum Gasteiger partial charge on any atom is -0.292 e. The van der Waals surface area contributed by atoms with Gasteiger partial charge in [0.2, 0.25) is 10.0 Å². The smallest absolute Gasteiger partial charge is 0.292 e. The molecular weight excluding hydrogens is 471 g/mol. The Balaban J connectivity index is 1.52. The fraction of sp³-hybridized carbons (Fsp3) is 0.350. The van der Waals surface area contributed by atoms with Crippen molar-refractivity contribution >= 4 is 43.2 Å². The van der Waals surface area contributed by atoms with Crippen LogP contribution in [-0.4, -0.2) is 48.8 Å². The van der Waals surface area contributed by atoms with Gasteiger partial charge in [0.15, 0.2) is 0 Å². The van der Waals surface area contributed by atoms with Crippen LogP contribution in [0.2, 0.25) is 5.02 Å². The van der Waals surface area contributed by atoms with Crippen LogP contribution in [0, 0.1) is 0 Å². The summed E-state index contributed by atoms with van der Waals surface area (Å²) in [5.74, 6) is 0. The van der Waals surface area contributed by atoms with Crippen molar-refractivity contribution in [2.75, 3.05) is 26.2 Å². The van der Waals surface area contributed by atoms with Crippen molar-refractivity contribution < 1.29 is 21.6 Å². The number of nitrogens with zero attached hydrogens (tertiary/aromatic N) is 3. The number of para-hydroxylation sites is 1. The molecule has 0 N–H and O–H groups in total. The SMILES string of the molecule is CC(c1nc2ccccc2s1)N1CCN(S(=O)(=O)c2ccc(Cl)cc2C(F)(F)F)CC1. The lowest BCUT2D eigenvalue weighted by atomic mass is 10.2. The van der Waals surface area contributed by atoms with E-state index in [4.69, 9.17) is 11.6 Å². The molecule has 5 nitrogen and oxygen atoms in total. The number of hydrogen-bond donors (Lipinski definition) is 0. The molecular formula is C20H19ClF3N3O2S2. The summed E-state index contributed by atoms with van der Waals surface area (Å²) in [5, 5.41) is 0.760. The van der Waals surface area contributed by atoms with Crippen LogP contribution in [0.3, 0.4) is 0 Å². The first-order valence-corrected chi connectivity index (χ1v) is 12.2. The van der Waals surface area contributed by atoms with E-state index in [0.29, 0.717) is 19.2 Å². The monoisotopic (exact) mass is 489 g/mol. The molecule has 0 saturated carbocycles. The fourth-order valence-corrected chi connectivity index (χ4v) is 6.48. The number of rotatable bonds is 4. The van der Waals surface area contributed by atoms with Crippen molar-refractivity contribution in [3.05, 3.63) is 58.1 Å². The van der Waals surface area contributed by atoms with Crippen molar-refractivity contribution in [1.82, 2.24) is 14.2 Å². The highest BCUT2D eigenvalue weighted by molar-refractivity contribution is 7.89. The lowest BCUT2D eigenvalue weighted by Crippen LogP contribution is -2.49. The number of thiazole rings is 1. The van der Waals surface area contributed by atoms with Gasteiger partial charge in [-0.2, -0.15) is 17.5 Å². The summed E-state index contributed by atoms with van der Waals surface area (Å²) in [6.07, 6.45) is -4.82. The molecule has 1 atom stereocenters. The quantitative estimate of drug-likeness (QED) is 0.515. The second-order valence-electron chi connectivity index (χ2n) is 7.27. The number of hydrogen-bond acceptors (Lipinski definition) is 5. The fourth-order valence-electron chi connectivity index (χ4n) is 3.64. The molecule has 0 bridgehead atoms. The average Bonchev–Trinajstić information content (AvgIpc) is 3.17. The lowest BCUT2D eigenvalue weighted by molar-refractivity contribution is -0.139. The van der Waals surface area contributed by atoms with Gasteiger partial charge in [-0.1, -0.05) is 23.7 Å². The van der Waals surface area contributed by atoms with Crippen molar-refractivity contribution in [3.63, 3.8) is 0 Å². The van der Waals surface area contributed by atoms with Crippen LogP contribution in [0.1, 0.15) is 23.5 Å². The molecule has 3 aromatic rings. The van der Waals surface area contributed by atoms with E-state index in [1.807, 2.05) is 31.2 Å². The van der Waals surface area contributed by atoms with Gasteiger partial charge in [-0.3, -0.25) is 4.90 Å². The maximum atomic E-state index is 13.4. The van der Waals surface area contributed by atoms with Gasteiger partial charge >= 0.3 is 6.18 Å². The summed E-state index contributed by atoms with van der Waals surface area (Å²) in [6, 6.07) is 10.5. The van der Waals surface area contributed by atoms with E-state index < -0.39 is 26.7 Å². The number of sulfonamides is 1. The minimum absolute atomic E-state index is 0.0245. The Hall–Kier alpha value is -1.72. The Morgan fingerprint density at radius 3 is 2.42 bits per heavy atom. The van der Waals surface area contributed by atoms with Gasteiger partial charge in [0.1, 0.15) is 5.01 Å². The number of alkyl halides is 3. The number of piperazine rings is 1. The average molecular weight is 490 g/mol. The van der Waals surface area contributed by atoms with Crippen molar-refractivity contribution in [2.24, 2.45) is 0 Å². The summed E-state index contributed by atoms with van der Waals surface area (Å²) in [6.45, 7) is 2.98. The molecule has 4 rings (SSSR count). The molecule has 1 unspecified atom stereocenters. The van der Waals surface area contributed by atoms with Crippen LogP contribution in [0.25, 0.3) is 10.2 Å². The van der Waals surface area contributed by atoms with E-state index >= 15 is 0 Å². The first-order valence-electron chi connectivity index (χ1n) is 9.54. The predicted octanol–water partition coefficient (Wildman–Crippen LogP) is 5.04. The normalized spacial score (nSPS) is 17.8. The van der Waals surface area contributed by atoms with Crippen LogP contribution in [-0.2, 0) is 16.2 Å². The maximum absolute atomic E-state index is 13.4. The van der Waals surface area contributed by atoms with E-state index in [-0.39, 0.29) is 24.2 Å². The molecule has 0 aliphatic carbocycles. The third kappa shape index (κ3) is 4.45. The van der Waals surface area contributed by atoms with Crippen molar-refractivity contribution in [3.8, 4) is 0 Å². The molecule has 0 radical (unpaired) electrons. The summed E-state index contributed by atoms with van der Waals surface area (Å²) in [4.78, 5) is 5.98. The highest BCUT2D eigenvalue weighted by atomic mass is 35.5. The largest absolute Gasteiger partial charge is 0.417 e. The van der Waals surface area contributed by atoms with Gasteiger partial charge in [-0.05, 0) is 37.3 Å². The van der Waals surface area contributed by atoms with Crippen LogP contribution >= 0.6 is 22.9 Å². The molecule has 1 saturated heterocycles. The number of benzene rings is 2. The first kappa shape index (κ1) is 22.5. The van der Waals surface area contributed by atoms with E-state index in [1.165, 1.54) is 0 Å². The molecule has 0 amide bonds. The van der Waals surface area contributed by atoms with Crippen LogP contribution in [0.4, 0.5) is 13.2 Å². The van der Waals surface area contributed by atoms with Crippen LogP contribution in [0.15, 0.2) is 47.4 Å². The number of aromatic nitrogens is 1. The van der Waals surface area contributed by atoms with Gasteiger partial charge < -0.3 is 0 Å². The summed E-state index contributed by atoms with van der Waals surface area (Å²) < 4.78 is 68.4. The third-order valence-corrected chi connectivity index (χ3v) is 8.75. The molecule has 11 heteroatoms. The van der Waals surface area contributed by atoms with Gasteiger partial charge in [0, 0.05) is 31.2 Å². The highest BCUT2D eigenvalue weighted by Crippen LogP contribution is 2.37. The van der Waals surface area contributed by atoms with Gasteiger partial charge in [0.05, 0.1) is 26.7 Å². The van der Waals surface area contributed by atoms with Gasteiger partial charge in [0.25, 0.3) is 0 Å². The number of fused-ring (bicyclic) bond motifs is 1. The van der Waals surface area contributed by atoms with Crippen molar-refractivity contribution in [1.29, 1.82) is 0 Å². The molecule has 2 heterocycles. The predicted molar refractivity (Wildman–Crippen MR) is 115 cm³/mol. The van der Waals surface area contributed by atoms with Crippen LogP contribution < -0.4 is 0 Å². The van der Waals surface area contributed by atoms with E-state index in [9.17, 15) is 21.6 Å². The summed E-state index contributed by atoms with van der Waals surface area (Å²) in [5.41, 5.74) is -0.330. The Morgan fingerprint density at radius 2 is 1.77 bits per heavy atom. The molecule has 0 spiro atoms. The molecule has 1 fully saturated rings. The second-order valence-corrected chi connectivity index (χ2v) is 10.7. The first-order chi connectivity index (χ1) is 14.6. The third-order valence-electron chi connectivity index (χ3n) is 5.35. The second kappa shape index (κ2) is 8.32. The standard InChI is InChI=1S/C20H19ClF3N3O2S2/c1-13(19-25-16-4-2-3-5-17(16)30-19)26-8-10-27(11-9-26)31(28,29)18-7-6-14(21)12-15(18)20(22,23)24/h2-7,12-13H,8-11H2,1H3. The number of halogens is 4. The Labute approximate surface area is 187 Å². The Kier molecular flexibility index (Phi) is 6.04. The van der Waals surface area contributed by atoms with Gasteiger partial charge in [-0.15, -0.1) is 11.3 Å². The molecule has 31 heavy (non-hydrogen) atoms. The van der Waals surface area contributed by atoms with Crippen molar-refractivity contribution in [2.45, 2.75) is 24.0 Å². The van der Waals surface area contributed by atoms with E-state index in [1.54, 1.807) is 11.3 Å². The summed E-state index contributed by atoms with van der Waals surface area (Å²) in [7, 11) is -4.31. The Morgan fingerprint density at radius 1 is 1.10 bits per heavy atom. The van der Waals surface area contributed by atoms with Crippen LogP contribution in [0.5, 0.6) is 0 Å². The zero-order valence-corrected chi connectivity index (χ0v) is 18.8. The van der Waals surface area contributed by atoms with E-state index in [2.05, 4.69) is 9.88 Å². The summed E-state index contributed by atoms with van der Waals surface area (Å²) >= 11 is 7.27. The molecule has 166 valence electrons. The molecule has 2 aromatic carbocycles. The van der Waals surface area contributed by atoms with E-state index in [0.717, 1.165) is 31.7 Å². The minimum atomic E-state index is -4.82. The zero-order valence-electron chi connectivity index (χ0n) is 16.4. The highest BCUT2D eigenvalue weighted by Gasteiger charge is 2.40. The molecule has 1 aliphatic heterocycles. The topological polar surface area (TPSA) is 53.5 Å². The molecule has 1 aliphatic rings. The Bertz CT molecular complexity index is 1170. The molecule has 1 aromatic heterocycles. The zero-order chi connectivity index (χ0) is 22.4.